The van der Waals surface area contributed by atoms with Gasteiger partial charge in [0.1, 0.15) is 0 Å². The van der Waals surface area contributed by atoms with E-state index in [0.717, 1.165) is 12.0 Å². The minimum Gasteiger partial charge on any atom is -0.396 e. The summed E-state index contributed by atoms with van der Waals surface area (Å²) in [6.45, 7) is 6.42. The van der Waals surface area contributed by atoms with Crippen LogP contribution in [0.5, 0.6) is 0 Å². The lowest BCUT2D eigenvalue weighted by Crippen LogP contribution is -2.30. The lowest BCUT2D eigenvalue weighted by Gasteiger charge is -2.32. The summed E-state index contributed by atoms with van der Waals surface area (Å²) in [6, 6.07) is 5.63. The van der Waals surface area contributed by atoms with Gasteiger partial charge in [0.25, 0.3) is 0 Å². The molecule has 16 heavy (non-hydrogen) atoms. The number of hydrogen-bond donors (Lipinski definition) is 1. The van der Waals surface area contributed by atoms with Crippen LogP contribution in [0.1, 0.15) is 26.3 Å². The van der Waals surface area contributed by atoms with Gasteiger partial charge in [-0.2, -0.15) is 0 Å². The summed E-state index contributed by atoms with van der Waals surface area (Å²) in [7, 11) is 0. The number of halogens is 2. The van der Waals surface area contributed by atoms with Crippen molar-refractivity contribution >= 4 is 23.2 Å². The van der Waals surface area contributed by atoms with Gasteiger partial charge in [0, 0.05) is 6.61 Å². The molecule has 0 aromatic heterocycles. The van der Waals surface area contributed by atoms with E-state index in [0.29, 0.717) is 16.0 Å². The third kappa shape index (κ3) is 2.91. The first-order valence-corrected chi connectivity index (χ1v) is 6.20. The van der Waals surface area contributed by atoms with Crippen molar-refractivity contribution < 1.29 is 5.11 Å². The van der Waals surface area contributed by atoms with Crippen LogP contribution in [0.15, 0.2) is 18.2 Å². The fourth-order valence-corrected chi connectivity index (χ4v) is 1.95. The van der Waals surface area contributed by atoms with Crippen molar-refractivity contribution in [2.24, 2.45) is 11.3 Å². The topological polar surface area (TPSA) is 20.2 Å². The highest BCUT2D eigenvalue weighted by molar-refractivity contribution is 6.42. The SMILES string of the molecule is CC(C)C(C)(CO)Cc1cccc(Cl)c1Cl. The average molecular weight is 261 g/mol. The van der Waals surface area contributed by atoms with E-state index < -0.39 is 0 Å². The molecule has 0 saturated heterocycles. The van der Waals surface area contributed by atoms with Gasteiger partial charge in [-0.05, 0) is 29.4 Å². The predicted molar refractivity (Wildman–Crippen MR) is 70.2 cm³/mol. The molecule has 0 fully saturated rings. The minimum atomic E-state index is -0.158. The van der Waals surface area contributed by atoms with Crippen LogP contribution < -0.4 is 0 Å². The standard InChI is InChI=1S/C13H18Cl2O/c1-9(2)13(3,8-16)7-10-5-4-6-11(14)12(10)15/h4-6,9,16H,7-8H2,1-3H3. The monoisotopic (exact) mass is 260 g/mol. The van der Waals surface area contributed by atoms with Gasteiger partial charge in [-0.3, -0.25) is 0 Å². The van der Waals surface area contributed by atoms with E-state index in [9.17, 15) is 5.11 Å². The molecule has 0 amide bonds. The summed E-state index contributed by atoms with van der Waals surface area (Å²) in [5, 5.41) is 10.7. The summed E-state index contributed by atoms with van der Waals surface area (Å²) >= 11 is 12.1. The first kappa shape index (κ1) is 13.8. The van der Waals surface area contributed by atoms with Gasteiger partial charge < -0.3 is 5.11 Å². The molecule has 0 aliphatic heterocycles. The third-order valence-electron chi connectivity index (χ3n) is 3.38. The van der Waals surface area contributed by atoms with Crippen molar-refractivity contribution in [2.45, 2.75) is 27.2 Å². The lowest BCUT2D eigenvalue weighted by atomic mass is 9.75. The van der Waals surface area contributed by atoms with Crippen molar-refractivity contribution in [3.05, 3.63) is 33.8 Å². The normalized spacial score (nSPS) is 15.2. The van der Waals surface area contributed by atoms with E-state index in [2.05, 4.69) is 20.8 Å². The van der Waals surface area contributed by atoms with Crippen LogP contribution in [0.2, 0.25) is 10.0 Å². The Morgan fingerprint density at radius 2 is 1.94 bits per heavy atom. The second-order valence-corrected chi connectivity index (χ2v) is 5.64. The highest BCUT2D eigenvalue weighted by Crippen LogP contribution is 2.35. The molecule has 1 rings (SSSR count). The lowest BCUT2D eigenvalue weighted by molar-refractivity contribution is 0.0948. The number of aliphatic hydroxyl groups is 1. The van der Waals surface area contributed by atoms with Crippen LogP contribution in [-0.4, -0.2) is 11.7 Å². The second-order valence-electron chi connectivity index (χ2n) is 4.86. The van der Waals surface area contributed by atoms with Crippen LogP contribution in [0.3, 0.4) is 0 Å². The van der Waals surface area contributed by atoms with E-state index in [1.54, 1.807) is 6.07 Å². The Hall–Kier alpha value is -0.240. The van der Waals surface area contributed by atoms with Gasteiger partial charge in [0.15, 0.2) is 0 Å². The minimum absolute atomic E-state index is 0.146. The maximum Gasteiger partial charge on any atom is 0.0624 e. The van der Waals surface area contributed by atoms with E-state index in [1.165, 1.54) is 0 Å². The molecule has 90 valence electrons. The van der Waals surface area contributed by atoms with Crippen molar-refractivity contribution in [2.75, 3.05) is 6.61 Å². The zero-order valence-corrected chi connectivity index (χ0v) is 11.4. The van der Waals surface area contributed by atoms with Crippen LogP contribution in [0.25, 0.3) is 0 Å². The molecule has 1 atom stereocenters. The first-order chi connectivity index (χ1) is 7.40. The van der Waals surface area contributed by atoms with Crippen molar-refractivity contribution in [3.63, 3.8) is 0 Å². The number of hydrogen-bond acceptors (Lipinski definition) is 1. The summed E-state index contributed by atoms with van der Waals surface area (Å²) < 4.78 is 0. The number of aliphatic hydroxyl groups excluding tert-OH is 1. The molecule has 0 heterocycles. The molecule has 3 heteroatoms. The van der Waals surface area contributed by atoms with Gasteiger partial charge in [-0.15, -0.1) is 0 Å². The third-order valence-corrected chi connectivity index (χ3v) is 4.24. The number of benzene rings is 1. The Morgan fingerprint density at radius 3 is 2.44 bits per heavy atom. The highest BCUT2D eigenvalue weighted by atomic mass is 35.5. The zero-order chi connectivity index (χ0) is 12.3. The molecular weight excluding hydrogens is 243 g/mol. The number of rotatable bonds is 4. The Bertz CT molecular complexity index is 363. The van der Waals surface area contributed by atoms with Gasteiger partial charge in [0.05, 0.1) is 10.0 Å². The molecule has 0 aliphatic carbocycles. The van der Waals surface area contributed by atoms with E-state index >= 15 is 0 Å². The Labute approximate surface area is 107 Å². The molecule has 0 saturated carbocycles. The molecule has 1 aromatic carbocycles. The van der Waals surface area contributed by atoms with Crippen molar-refractivity contribution in [1.82, 2.24) is 0 Å². The summed E-state index contributed by atoms with van der Waals surface area (Å²) in [4.78, 5) is 0. The molecule has 1 N–H and O–H groups in total. The summed E-state index contributed by atoms with van der Waals surface area (Å²) in [5.41, 5.74) is 0.841. The van der Waals surface area contributed by atoms with Crippen molar-refractivity contribution in [1.29, 1.82) is 0 Å². The molecule has 1 nitrogen and oxygen atoms in total. The summed E-state index contributed by atoms with van der Waals surface area (Å²) in [5.74, 6) is 0.382. The van der Waals surface area contributed by atoms with Crippen LogP contribution in [0, 0.1) is 11.3 Å². The van der Waals surface area contributed by atoms with Gasteiger partial charge in [-0.25, -0.2) is 0 Å². The highest BCUT2D eigenvalue weighted by Gasteiger charge is 2.28. The van der Waals surface area contributed by atoms with Crippen molar-refractivity contribution in [3.8, 4) is 0 Å². The maximum atomic E-state index is 9.50. The molecular formula is C13H18Cl2O. The predicted octanol–water partition coefficient (Wildman–Crippen LogP) is 4.19. The molecule has 0 radical (unpaired) electrons. The molecule has 0 spiro atoms. The van der Waals surface area contributed by atoms with Crippen LogP contribution in [0.4, 0.5) is 0 Å². The molecule has 0 bridgehead atoms. The zero-order valence-electron chi connectivity index (χ0n) is 9.93. The van der Waals surface area contributed by atoms with E-state index in [1.807, 2.05) is 12.1 Å². The smallest absolute Gasteiger partial charge is 0.0624 e. The second kappa shape index (κ2) is 5.39. The van der Waals surface area contributed by atoms with E-state index in [4.69, 9.17) is 23.2 Å². The molecule has 0 aliphatic rings. The fourth-order valence-electron chi connectivity index (χ4n) is 1.56. The Kier molecular flexibility index (Phi) is 4.66. The Morgan fingerprint density at radius 1 is 1.31 bits per heavy atom. The maximum absolute atomic E-state index is 9.50. The van der Waals surface area contributed by atoms with Gasteiger partial charge in [-0.1, -0.05) is 56.1 Å². The summed E-state index contributed by atoms with van der Waals surface area (Å²) in [6.07, 6.45) is 0.737. The quantitative estimate of drug-likeness (QED) is 0.861. The van der Waals surface area contributed by atoms with E-state index in [-0.39, 0.29) is 12.0 Å². The molecule has 1 aromatic rings. The largest absolute Gasteiger partial charge is 0.396 e. The van der Waals surface area contributed by atoms with Gasteiger partial charge >= 0.3 is 0 Å². The average Bonchev–Trinajstić information content (AvgIpc) is 2.24. The molecule has 1 unspecified atom stereocenters. The first-order valence-electron chi connectivity index (χ1n) is 5.44. The van der Waals surface area contributed by atoms with Gasteiger partial charge in [0.2, 0.25) is 0 Å². The van der Waals surface area contributed by atoms with Crippen LogP contribution >= 0.6 is 23.2 Å². The van der Waals surface area contributed by atoms with Crippen LogP contribution in [-0.2, 0) is 6.42 Å². The Balaban J connectivity index is 2.99. The fraction of sp³-hybridized carbons (Fsp3) is 0.538.